The first-order valence-electron chi connectivity index (χ1n) is 8.01. The highest BCUT2D eigenvalue weighted by Crippen LogP contribution is 2.59. The van der Waals surface area contributed by atoms with Crippen LogP contribution in [0.1, 0.15) is 57.8 Å². The van der Waals surface area contributed by atoms with Crippen molar-refractivity contribution in [3.8, 4) is 0 Å². The summed E-state index contributed by atoms with van der Waals surface area (Å²) < 4.78 is 0. The predicted molar refractivity (Wildman–Crippen MR) is 68.5 cm³/mol. The van der Waals surface area contributed by atoms with Crippen molar-refractivity contribution < 1.29 is 5.11 Å². The van der Waals surface area contributed by atoms with Crippen molar-refractivity contribution in [1.29, 1.82) is 0 Å². The van der Waals surface area contributed by atoms with Crippen molar-refractivity contribution >= 4 is 0 Å². The lowest BCUT2D eigenvalue weighted by molar-refractivity contribution is 0.0965. The lowest BCUT2D eigenvalue weighted by Crippen LogP contribution is -2.21. The van der Waals surface area contributed by atoms with E-state index in [2.05, 4.69) is 0 Å². The molecule has 4 aliphatic carbocycles. The Morgan fingerprint density at radius 2 is 1.71 bits per heavy atom. The summed E-state index contributed by atoms with van der Waals surface area (Å²) in [5.74, 6) is 5.51. The van der Waals surface area contributed by atoms with Gasteiger partial charge in [-0.1, -0.05) is 19.3 Å². The zero-order chi connectivity index (χ0) is 11.4. The zero-order valence-corrected chi connectivity index (χ0v) is 10.9. The molecule has 17 heavy (non-hydrogen) atoms. The average molecular weight is 234 g/mol. The molecular weight excluding hydrogens is 208 g/mol. The van der Waals surface area contributed by atoms with Gasteiger partial charge in [0.15, 0.2) is 0 Å². The van der Waals surface area contributed by atoms with Gasteiger partial charge in [-0.25, -0.2) is 0 Å². The van der Waals surface area contributed by atoms with E-state index in [1.807, 2.05) is 0 Å². The van der Waals surface area contributed by atoms with Crippen molar-refractivity contribution in [2.75, 3.05) is 0 Å². The molecule has 0 aromatic carbocycles. The summed E-state index contributed by atoms with van der Waals surface area (Å²) in [7, 11) is 0. The Morgan fingerprint density at radius 1 is 0.941 bits per heavy atom. The molecular formula is C16H26O. The van der Waals surface area contributed by atoms with Crippen LogP contribution in [0.15, 0.2) is 0 Å². The third-order valence-electron chi connectivity index (χ3n) is 6.60. The molecule has 4 saturated carbocycles. The molecule has 1 nitrogen and oxygen atoms in total. The highest BCUT2D eigenvalue weighted by atomic mass is 16.3. The van der Waals surface area contributed by atoms with Crippen molar-refractivity contribution in [2.45, 2.75) is 63.9 Å². The molecule has 0 aliphatic heterocycles. The molecule has 0 amide bonds. The van der Waals surface area contributed by atoms with E-state index in [-0.39, 0.29) is 6.10 Å². The van der Waals surface area contributed by atoms with Crippen LogP contribution in [0.5, 0.6) is 0 Å². The fourth-order valence-corrected chi connectivity index (χ4v) is 5.75. The van der Waals surface area contributed by atoms with Crippen LogP contribution in [-0.2, 0) is 0 Å². The quantitative estimate of drug-likeness (QED) is 0.791. The van der Waals surface area contributed by atoms with Crippen LogP contribution in [0.4, 0.5) is 0 Å². The maximum atomic E-state index is 10.5. The van der Waals surface area contributed by atoms with Gasteiger partial charge in [0, 0.05) is 0 Å². The fourth-order valence-electron chi connectivity index (χ4n) is 5.75. The van der Waals surface area contributed by atoms with Crippen LogP contribution in [0.25, 0.3) is 0 Å². The van der Waals surface area contributed by atoms with Gasteiger partial charge in [0.25, 0.3) is 0 Å². The van der Waals surface area contributed by atoms with E-state index in [1.54, 1.807) is 0 Å². The largest absolute Gasteiger partial charge is 0.393 e. The number of fused-ring (bicyclic) bond motifs is 3. The Balaban J connectivity index is 1.34. The highest BCUT2D eigenvalue weighted by molar-refractivity contribution is 5.03. The van der Waals surface area contributed by atoms with Crippen LogP contribution >= 0.6 is 0 Å². The van der Waals surface area contributed by atoms with Crippen LogP contribution in [-0.4, -0.2) is 11.2 Å². The van der Waals surface area contributed by atoms with Gasteiger partial charge >= 0.3 is 0 Å². The molecule has 0 aromatic heterocycles. The Morgan fingerprint density at radius 3 is 2.29 bits per heavy atom. The fraction of sp³-hybridized carbons (Fsp3) is 1.00. The summed E-state index contributed by atoms with van der Waals surface area (Å²) in [5, 5.41) is 10.5. The van der Waals surface area contributed by atoms with Gasteiger partial charge < -0.3 is 5.11 Å². The van der Waals surface area contributed by atoms with Crippen molar-refractivity contribution in [3.05, 3.63) is 0 Å². The van der Waals surface area contributed by atoms with E-state index in [0.717, 1.165) is 41.9 Å². The van der Waals surface area contributed by atoms with E-state index in [9.17, 15) is 5.11 Å². The minimum absolute atomic E-state index is 0.0625. The Hall–Kier alpha value is -0.0400. The lowest BCUT2D eigenvalue weighted by atomic mass is 9.83. The van der Waals surface area contributed by atoms with Crippen molar-refractivity contribution in [2.24, 2.45) is 35.5 Å². The van der Waals surface area contributed by atoms with E-state index < -0.39 is 0 Å². The van der Waals surface area contributed by atoms with Crippen molar-refractivity contribution in [1.82, 2.24) is 0 Å². The number of hydrogen-bond acceptors (Lipinski definition) is 1. The van der Waals surface area contributed by atoms with E-state index in [1.165, 1.54) is 51.4 Å². The van der Waals surface area contributed by atoms with Gasteiger partial charge in [-0.05, 0) is 74.0 Å². The van der Waals surface area contributed by atoms with E-state index in [0.29, 0.717) is 0 Å². The molecule has 1 heteroatoms. The summed E-state index contributed by atoms with van der Waals surface area (Å²) >= 11 is 0. The SMILES string of the molecule is OC(CC1CC2CCC1C2)C1C2CCCCC21. The van der Waals surface area contributed by atoms with E-state index >= 15 is 0 Å². The number of rotatable bonds is 3. The second kappa shape index (κ2) is 3.98. The Kier molecular flexibility index (Phi) is 2.54. The van der Waals surface area contributed by atoms with Gasteiger partial charge in [-0.2, -0.15) is 0 Å². The summed E-state index contributed by atoms with van der Waals surface area (Å²) in [6, 6.07) is 0. The van der Waals surface area contributed by atoms with Gasteiger partial charge in [0.1, 0.15) is 0 Å². The average Bonchev–Trinajstić information content (AvgIpc) is 2.69. The monoisotopic (exact) mass is 234 g/mol. The van der Waals surface area contributed by atoms with E-state index in [4.69, 9.17) is 0 Å². The third-order valence-corrected chi connectivity index (χ3v) is 6.60. The molecule has 0 saturated heterocycles. The minimum atomic E-state index is 0.0625. The second-order valence-corrected chi connectivity index (χ2v) is 7.43. The summed E-state index contributed by atoms with van der Waals surface area (Å²) in [6.45, 7) is 0. The summed E-state index contributed by atoms with van der Waals surface area (Å²) in [5.41, 5.74) is 0. The summed E-state index contributed by atoms with van der Waals surface area (Å²) in [6.07, 6.45) is 12.8. The Bertz CT molecular complexity index is 288. The van der Waals surface area contributed by atoms with Gasteiger partial charge in [-0.15, -0.1) is 0 Å². The first-order chi connectivity index (χ1) is 8.33. The number of aliphatic hydroxyl groups is 1. The first-order valence-corrected chi connectivity index (χ1v) is 8.01. The molecule has 0 heterocycles. The topological polar surface area (TPSA) is 20.2 Å². The molecule has 4 rings (SSSR count). The lowest BCUT2D eigenvalue weighted by Gasteiger charge is -2.24. The molecule has 4 aliphatic rings. The molecule has 0 radical (unpaired) electrons. The van der Waals surface area contributed by atoms with Gasteiger partial charge in [0.05, 0.1) is 6.10 Å². The molecule has 1 N–H and O–H groups in total. The smallest absolute Gasteiger partial charge is 0.0576 e. The normalized spacial score (nSPS) is 53.5. The minimum Gasteiger partial charge on any atom is -0.393 e. The third kappa shape index (κ3) is 1.77. The maximum Gasteiger partial charge on any atom is 0.0576 e. The second-order valence-electron chi connectivity index (χ2n) is 7.43. The van der Waals surface area contributed by atoms with Crippen LogP contribution in [0, 0.1) is 35.5 Å². The van der Waals surface area contributed by atoms with Gasteiger partial charge in [0.2, 0.25) is 0 Å². The molecule has 2 bridgehead atoms. The van der Waals surface area contributed by atoms with Crippen molar-refractivity contribution in [3.63, 3.8) is 0 Å². The maximum absolute atomic E-state index is 10.5. The van der Waals surface area contributed by atoms with Gasteiger partial charge in [-0.3, -0.25) is 0 Å². The predicted octanol–water partition coefficient (Wildman–Crippen LogP) is 3.61. The molecule has 96 valence electrons. The van der Waals surface area contributed by atoms with Crippen LogP contribution < -0.4 is 0 Å². The number of aliphatic hydroxyl groups excluding tert-OH is 1. The zero-order valence-electron chi connectivity index (χ0n) is 10.9. The number of hydrogen-bond donors (Lipinski definition) is 1. The standard InChI is InChI=1S/C16H26O/c17-15(16-13-3-1-2-4-14(13)16)9-12-8-10-5-6-11(12)7-10/h10-17H,1-9H2. The molecule has 6 unspecified atom stereocenters. The highest BCUT2D eigenvalue weighted by Gasteiger charge is 2.54. The molecule has 4 fully saturated rings. The molecule has 0 spiro atoms. The molecule has 0 aromatic rings. The van der Waals surface area contributed by atoms with Crippen LogP contribution in [0.3, 0.4) is 0 Å². The molecule has 6 atom stereocenters. The Labute approximate surface area is 105 Å². The van der Waals surface area contributed by atoms with Crippen LogP contribution in [0.2, 0.25) is 0 Å². The first kappa shape index (κ1) is 10.8. The summed E-state index contributed by atoms with van der Waals surface area (Å²) in [4.78, 5) is 0.